The Morgan fingerprint density at radius 2 is 1.66 bits per heavy atom. The van der Waals surface area contributed by atoms with Crippen LogP contribution in [-0.2, 0) is 12.8 Å². The van der Waals surface area contributed by atoms with E-state index in [2.05, 4.69) is 59.5 Å². The number of methoxy groups -OCH3 is 2. The maximum atomic E-state index is 6.13. The predicted molar refractivity (Wildman–Crippen MR) is 149 cm³/mol. The highest BCUT2D eigenvalue weighted by Crippen LogP contribution is 2.57. The highest BCUT2D eigenvalue weighted by molar-refractivity contribution is 5.96. The van der Waals surface area contributed by atoms with Crippen LogP contribution in [0.5, 0.6) is 23.0 Å². The monoisotopic (exact) mass is 509 g/mol. The SMILES string of the molecule is COc1ccc2c(c1OC)[C@@H](C1CCCC1)N1CCc3cc4c(cc3C1=C2CCc1ccccc1)OCO4. The Kier molecular flexibility index (Phi) is 5.95. The van der Waals surface area contributed by atoms with Gasteiger partial charge in [-0.1, -0.05) is 49.2 Å². The van der Waals surface area contributed by atoms with Crippen LogP contribution in [0, 0.1) is 5.92 Å². The molecule has 0 N–H and O–H groups in total. The molecule has 0 saturated heterocycles. The Labute approximate surface area is 225 Å². The summed E-state index contributed by atoms with van der Waals surface area (Å²) in [5, 5.41) is 0. The lowest BCUT2D eigenvalue weighted by Gasteiger charge is -2.48. The van der Waals surface area contributed by atoms with E-state index in [-0.39, 0.29) is 6.04 Å². The van der Waals surface area contributed by atoms with Crippen LogP contribution in [-0.4, -0.2) is 32.5 Å². The Morgan fingerprint density at radius 3 is 2.42 bits per heavy atom. The number of hydrogen-bond donors (Lipinski definition) is 0. The number of benzene rings is 3. The summed E-state index contributed by atoms with van der Waals surface area (Å²) in [4.78, 5) is 2.71. The lowest BCUT2D eigenvalue weighted by Crippen LogP contribution is -2.40. The fourth-order valence-electron chi connectivity index (χ4n) is 7.25. The summed E-state index contributed by atoms with van der Waals surface area (Å²) >= 11 is 0. The maximum Gasteiger partial charge on any atom is 0.231 e. The third kappa shape index (κ3) is 3.74. The van der Waals surface area contributed by atoms with Gasteiger partial charge in [0.1, 0.15) is 0 Å². The normalized spacial score (nSPS) is 19.7. The van der Waals surface area contributed by atoms with Gasteiger partial charge in [0.25, 0.3) is 0 Å². The minimum Gasteiger partial charge on any atom is -0.493 e. The Balaban J connectivity index is 1.47. The summed E-state index contributed by atoms with van der Waals surface area (Å²) in [5.41, 5.74) is 9.39. The molecule has 0 unspecified atom stereocenters. The topological polar surface area (TPSA) is 40.2 Å². The fourth-order valence-corrected chi connectivity index (χ4v) is 7.25. The van der Waals surface area contributed by atoms with E-state index in [0.717, 1.165) is 48.8 Å². The Bertz CT molecular complexity index is 1390. The van der Waals surface area contributed by atoms with E-state index in [9.17, 15) is 0 Å². The minimum atomic E-state index is 0.270. The van der Waals surface area contributed by atoms with E-state index in [1.807, 2.05) is 0 Å². The second-order valence-electron chi connectivity index (χ2n) is 10.9. The zero-order valence-corrected chi connectivity index (χ0v) is 22.3. The quantitative estimate of drug-likeness (QED) is 0.357. The predicted octanol–water partition coefficient (Wildman–Crippen LogP) is 7.04. The molecule has 4 aliphatic rings. The van der Waals surface area contributed by atoms with Crippen LogP contribution in [0.1, 0.15) is 66.0 Å². The molecule has 3 aromatic carbocycles. The van der Waals surface area contributed by atoms with Gasteiger partial charge in [-0.25, -0.2) is 0 Å². The molecule has 0 amide bonds. The van der Waals surface area contributed by atoms with Crippen molar-refractivity contribution in [2.75, 3.05) is 27.6 Å². The molecular weight excluding hydrogens is 474 g/mol. The van der Waals surface area contributed by atoms with E-state index >= 15 is 0 Å². The number of rotatable bonds is 6. The van der Waals surface area contributed by atoms with Crippen molar-refractivity contribution in [3.8, 4) is 23.0 Å². The van der Waals surface area contributed by atoms with Crippen LogP contribution in [0.15, 0.2) is 54.6 Å². The van der Waals surface area contributed by atoms with Crippen molar-refractivity contribution in [2.24, 2.45) is 5.92 Å². The number of allylic oxidation sites excluding steroid dienone is 1. The molecule has 5 heteroatoms. The van der Waals surface area contributed by atoms with Crippen LogP contribution < -0.4 is 18.9 Å². The lowest BCUT2D eigenvalue weighted by molar-refractivity contribution is 0.174. The number of aryl methyl sites for hydroxylation is 1. The molecule has 38 heavy (non-hydrogen) atoms. The smallest absolute Gasteiger partial charge is 0.231 e. The number of ether oxygens (including phenoxy) is 4. The minimum absolute atomic E-state index is 0.270. The van der Waals surface area contributed by atoms with Gasteiger partial charge >= 0.3 is 0 Å². The highest BCUT2D eigenvalue weighted by atomic mass is 16.7. The summed E-state index contributed by atoms with van der Waals surface area (Å²) in [6.07, 6.45) is 8.02. The van der Waals surface area contributed by atoms with Crippen molar-refractivity contribution in [1.82, 2.24) is 4.90 Å². The van der Waals surface area contributed by atoms with Crippen molar-refractivity contribution in [2.45, 2.75) is 51.0 Å². The Morgan fingerprint density at radius 1 is 0.868 bits per heavy atom. The molecular formula is C33H35NO4. The van der Waals surface area contributed by atoms with Gasteiger partial charge in [-0.3, -0.25) is 0 Å². The molecule has 0 radical (unpaired) electrons. The molecule has 1 aliphatic carbocycles. The molecule has 3 heterocycles. The molecule has 5 nitrogen and oxygen atoms in total. The van der Waals surface area contributed by atoms with E-state index < -0.39 is 0 Å². The van der Waals surface area contributed by atoms with Gasteiger partial charge in [0.05, 0.1) is 20.3 Å². The maximum absolute atomic E-state index is 6.13. The van der Waals surface area contributed by atoms with Gasteiger partial charge in [-0.05, 0) is 78.5 Å². The molecule has 196 valence electrons. The van der Waals surface area contributed by atoms with Gasteiger partial charge in [-0.15, -0.1) is 0 Å². The Hall–Kier alpha value is -3.60. The standard InChI is InChI=1S/C33H35NO4/c1-35-27-15-14-24-25(13-12-21-8-4-3-5-9-21)32-26-19-29-28(37-20-38-29)18-23(26)16-17-34(32)31(22-10-6-7-11-22)30(24)33(27)36-2/h3-5,8-9,14-15,18-19,22,31H,6-7,10-13,16-17,20H2,1-2H3/t31-/m1/s1. The van der Waals surface area contributed by atoms with Crippen LogP contribution in [0.2, 0.25) is 0 Å². The van der Waals surface area contributed by atoms with Crippen LogP contribution in [0.25, 0.3) is 11.3 Å². The first kappa shape index (κ1) is 23.5. The first-order valence-corrected chi connectivity index (χ1v) is 14.0. The molecule has 0 aromatic heterocycles. The van der Waals surface area contributed by atoms with E-state index in [0.29, 0.717) is 12.7 Å². The first-order chi connectivity index (χ1) is 18.8. The average molecular weight is 510 g/mol. The molecule has 0 bridgehead atoms. The van der Waals surface area contributed by atoms with Crippen LogP contribution in [0.4, 0.5) is 0 Å². The van der Waals surface area contributed by atoms with E-state index in [1.54, 1.807) is 14.2 Å². The van der Waals surface area contributed by atoms with Crippen LogP contribution in [0.3, 0.4) is 0 Å². The third-order valence-electron chi connectivity index (χ3n) is 8.94. The van der Waals surface area contributed by atoms with Crippen molar-refractivity contribution >= 4 is 11.3 Å². The largest absolute Gasteiger partial charge is 0.493 e. The summed E-state index contributed by atoms with van der Waals surface area (Å²) in [6.45, 7) is 1.28. The van der Waals surface area contributed by atoms with Crippen LogP contribution >= 0.6 is 0 Å². The third-order valence-corrected chi connectivity index (χ3v) is 8.94. The van der Waals surface area contributed by atoms with E-state index in [4.69, 9.17) is 18.9 Å². The van der Waals surface area contributed by atoms with Crippen molar-refractivity contribution in [3.05, 3.63) is 82.4 Å². The van der Waals surface area contributed by atoms with Gasteiger partial charge in [0.2, 0.25) is 6.79 Å². The summed E-state index contributed by atoms with van der Waals surface area (Å²) in [7, 11) is 3.54. The molecule has 1 atom stereocenters. The molecule has 1 fully saturated rings. The van der Waals surface area contributed by atoms with Crippen molar-refractivity contribution in [1.29, 1.82) is 0 Å². The summed E-state index contributed by atoms with van der Waals surface area (Å²) in [6, 6.07) is 19.9. The van der Waals surface area contributed by atoms with Gasteiger partial charge in [0.15, 0.2) is 23.0 Å². The average Bonchev–Trinajstić information content (AvgIpc) is 3.66. The lowest BCUT2D eigenvalue weighted by atomic mass is 9.76. The molecule has 7 rings (SSSR count). The van der Waals surface area contributed by atoms with Crippen molar-refractivity contribution < 1.29 is 18.9 Å². The fraction of sp³-hybridized carbons (Fsp3) is 0.394. The number of hydrogen-bond acceptors (Lipinski definition) is 5. The number of nitrogens with zero attached hydrogens (tertiary/aromatic N) is 1. The van der Waals surface area contributed by atoms with Gasteiger partial charge in [0, 0.05) is 23.4 Å². The molecule has 1 saturated carbocycles. The molecule has 0 spiro atoms. The van der Waals surface area contributed by atoms with Gasteiger partial charge < -0.3 is 23.8 Å². The summed E-state index contributed by atoms with van der Waals surface area (Å²) < 4.78 is 23.6. The molecule has 3 aliphatic heterocycles. The second-order valence-corrected chi connectivity index (χ2v) is 10.9. The second kappa shape index (κ2) is 9.61. The highest BCUT2D eigenvalue weighted by Gasteiger charge is 2.43. The first-order valence-electron chi connectivity index (χ1n) is 14.0. The zero-order chi connectivity index (χ0) is 25.6. The van der Waals surface area contributed by atoms with E-state index in [1.165, 1.54) is 64.8 Å². The molecule has 3 aromatic rings. The zero-order valence-electron chi connectivity index (χ0n) is 22.3. The summed E-state index contributed by atoms with van der Waals surface area (Å²) in [5.74, 6) is 4.04. The van der Waals surface area contributed by atoms with Gasteiger partial charge in [-0.2, -0.15) is 0 Å². The van der Waals surface area contributed by atoms with Crippen molar-refractivity contribution in [3.63, 3.8) is 0 Å². The number of fused-ring (bicyclic) bond motifs is 5.